The van der Waals surface area contributed by atoms with Crippen LogP contribution in [0.2, 0.25) is 5.02 Å². The molecule has 0 spiro atoms. The summed E-state index contributed by atoms with van der Waals surface area (Å²) in [5.41, 5.74) is 1.01. The number of rotatable bonds is 4. The highest BCUT2D eigenvalue weighted by Crippen LogP contribution is 2.27. The first-order valence-corrected chi connectivity index (χ1v) is 8.16. The zero-order chi connectivity index (χ0) is 14.8. The molecule has 6 heteroatoms. The van der Waals surface area contributed by atoms with Crippen molar-refractivity contribution in [1.82, 2.24) is 0 Å². The maximum Gasteiger partial charge on any atom is 0.177 e. The van der Waals surface area contributed by atoms with Crippen molar-refractivity contribution in [1.29, 1.82) is 0 Å². The number of sulfone groups is 1. The van der Waals surface area contributed by atoms with Crippen molar-refractivity contribution < 1.29 is 13.5 Å². The summed E-state index contributed by atoms with van der Waals surface area (Å²) in [6.45, 7) is 0.234. The van der Waals surface area contributed by atoms with Gasteiger partial charge in [0.25, 0.3) is 0 Å². The van der Waals surface area contributed by atoms with Crippen LogP contribution in [0.4, 0.5) is 5.69 Å². The topological polar surface area (TPSA) is 66.4 Å². The van der Waals surface area contributed by atoms with Gasteiger partial charge in [-0.15, -0.1) is 0 Å². The Kier molecular flexibility index (Phi) is 4.20. The Bertz CT molecular complexity index is 709. The summed E-state index contributed by atoms with van der Waals surface area (Å²) in [6.07, 6.45) is 1.15. The molecule has 0 heterocycles. The molecule has 2 aromatic carbocycles. The number of nitrogens with one attached hydrogen (secondary N) is 1. The molecule has 0 fully saturated rings. The van der Waals surface area contributed by atoms with Crippen LogP contribution in [0.5, 0.6) is 5.75 Å². The van der Waals surface area contributed by atoms with Crippen molar-refractivity contribution in [3.63, 3.8) is 0 Å². The molecule has 2 N–H and O–H groups in total. The van der Waals surface area contributed by atoms with Crippen LogP contribution >= 0.6 is 11.6 Å². The lowest BCUT2D eigenvalue weighted by molar-refractivity contribution is 0.469. The minimum Gasteiger partial charge on any atom is -0.508 e. The van der Waals surface area contributed by atoms with E-state index < -0.39 is 9.84 Å². The third kappa shape index (κ3) is 3.23. The van der Waals surface area contributed by atoms with E-state index in [1.807, 2.05) is 0 Å². The van der Waals surface area contributed by atoms with E-state index >= 15 is 0 Å². The summed E-state index contributed by atoms with van der Waals surface area (Å²) in [7, 11) is -3.32. The zero-order valence-corrected chi connectivity index (χ0v) is 12.4. The second kappa shape index (κ2) is 5.73. The Hall–Kier alpha value is -1.72. The summed E-state index contributed by atoms with van der Waals surface area (Å²) in [6, 6.07) is 11.4. The van der Waals surface area contributed by atoms with Crippen LogP contribution in [0.1, 0.15) is 5.56 Å². The molecule has 0 atom stereocenters. The smallest absolute Gasteiger partial charge is 0.177 e. The summed E-state index contributed by atoms with van der Waals surface area (Å²) < 4.78 is 23.4. The highest BCUT2D eigenvalue weighted by atomic mass is 35.5. The number of para-hydroxylation sites is 1. The zero-order valence-electron chi connectivity index (χ0n) is 10.8. The van der Waals surface area contributed by atoms with E-state index in [0.29, 0.717) is 16.3 Å². The molecule has 0 radical (unpaired) electrons. The monoisotopic (exact) mass is 311 g/mol. The SMILES string of the molecule is CS(=O)(=O)c1ccccc1NCc1c(O)cccc1Cl. The predicted octanol–water partition coefficient (Wildman–Crippen LogP) is 3.06. The van der Waals surface area contributed by atoms with Gasteiger partial charge < -0.3 is 10.4 Å². The summed E-state index contributed by atoms with van der Waals surface area (Å²) in [5.74, 6) is 0.0711. The Morgan fingerprint density at radius 3 is 2.50 bits per heavy atom. The fourth-order valence-electron chi connectivity index (χ4n) is 1.84. The molecule has 20 heavy (non-hydrogen) atoms. The van der Waals surface area contributed by atoms with E-state index in [-0.39, 0.29) is 17.2 Å². The first-order valence-electron chi connectivity index (χ1n) is 5.89. The molecule has 0 unspecified atom stereocenters. The number of phenols is 1. The molecule has 0 saturated heterocycles. The summed E-state index contributed by atoms with van der Waals surface area (Å²) in [5, 5.41) is 13.2. The van der Waals surface area contributed by atoms with Crippen molar-refractivity contribution in [3.8, 4) is 5.75 Å². The van der Waals surface area contributed by atoms with Gasteiger partial charge >= 0.3 is 0 Å². The van der Waals surface area contributed by atoms with Gasteiger partial charge in [-0.25, -0.2) is 8.42 Å². The average Bonchev–Trinajstić information content (AvgIpc) is 2.37. The summed E-state index contributed by atoms with van der Waals surface area (Å²) >= 11 is 6.01. The maximum atomic E-state index is 11.7. The van der Waals surface area contributed by atoms with Crippen molar-refractivity contribution in [3.05, 3.63) is 53.1 Å². The lowest BCUT2D eigenvalue weighted by Gasteiger charge is -2.12. The van der Waals surface area contributed by atoms with Gasteiger partial charge in [-0.3, -0.25) is 0 Å². The molecule has 2 aromatic rings. The van der Waals surface area contributed by atoms with Crippen LogP contribution in [0, 0.1) is 0 Å². The predicted molar refractivity (Wildman–Crippen MR) is 80.0 cm³/mol. The Morgan fingerprint density at radius 2 is 1.85 bits per heavy atom. The van der Waals surface area contributed by atoms with Crippen LogP contribution in [0.15, 0.2) is 47.4 Å². The third-order valence-electron chi connectivity index (χ3n) is 2.84. The number of hydrogen-bond donors (Lipinski definition) is 2. The van der Waals surface area contributed by atoms with E-state index in [0.717, 1.165) is 6.26 Å². The minimum atomic E-state index is -3.32. The molecule has 0 aromatic heterocycles. The minimum absolute atomic E-state index is 0.0711. The van der Waals surface area contributed by atoms with Gasteiger partial charge in [-0.2, -0.15) is 0 Å². The molecule has 0 aliphatic rings. The first-order chi connectivity index (χ1) is 9.39. The van der Waals surface area contributed by atoms with E-state index in [4.69, 9.17) is 11.6 Å². The van der Waals surface area contributed by atoms with Gasteiger partial charge in [-0.05, 0) is 24.3 Å². The van der Waals surface area contributed by atoms with Crippen LogP contribution < -0.4 is 5.32 Å². The first kappa shape index (κ1) is 14.7. The van der Waals surface area contributed by atoms with Crippen molar-refractivity contribution in [2.75, 3.05) is 11.6 Å². The molecule has 106 valence electrons. The number of anilines is 1. The highest BCUT2D eigenvalue weighted by molar-refractivity contribution is 7.90. The van der Waals surface area contributed by atoms with E-state index in [2.05, 4.69) is 5.32 Å². The molecule has 0 saturated carbocycles. The van der Waals surface area contributed by atoms with Gasteiger partial charge in [-0.1, -0.05) is 29.8 Å². The van der Waals surface area contributed by atoms with Crippen molar-refractivity contribution >= 4 is 27.1 Å². The highest BCUT2D eigenvalue weighted by Gasteiger charge is 2.13. The number of hydrogen-bond acceptors (Lipinski definition) is 4. The van der Waals surface area contributed by atoms with Crippen LogP contribution in [0.3, 0.4) is 0 Å². The van der Waals surface area contributed by atoms with Gasteiger partial charge in [0, 0.05) is 23.4 Å². The van der Waals surface area contributed by atoms with Gasteiger partial charge in [0.1, 0.15) is 5.75 Å². The Labute approximate surface area is 122 Å². The van der Waals surface area contributed by atoms with Gasteiger partial charge in [0.15, 0.2) is 9.84 Å². The molecule has 0 aliphatic carbocycles. The molecule has 2 rings (SSSR count). The molecule has 0 amide bonds. The Morgan fingerprint density at radius 1 is 1.15 bits per heavy atom. The largest absolute Gasteiger partial charge is 0.508 e. The van der Waals surface area contributed by atoms with Crippen molar-refractivity contribution in [2.45, 2.75) is 11.4 Å². The lowest BCUT2D eigenvalue weighted by atomic mass is 10.2. The number of benzene rings is 2. The van der Waals surface area contributed by atoms with Gasteiger partial charge in [0.05, 0.1) is 10.6 Å². The summed E-state index contributed by atoms with van der Waals surface area (Å²) in [4.78, 5) is 0.214. The maximum absolute atomic E-state index is 11.7. The average molecular weight is 312 g/mol. The van der Waals surface area contributed by atoms with Crippen molar-refractivity contribution in [2.24, 2.45) is 0 Å². The lowest BCUT2D eigenvalue weighted by Crippen LogP contribution is -2.06. The molecular weight excluding hydrogens is 298 g/mol. The number of halogens is 1. The second-order valence-corrected chi connectivity index (χ2v) is 6.75. The third-order valence-corrected chi connectivity index (χ3v) is 4.35. The fraction of sp³-hybridized carbons (Fsp3) is 0.143. The Balaban J connectivity index is 2.29. The number of aromatic hydroxyl groups is 1. The molecular formula is C14H14ClNO3S. The van der Waals surface area contributed by atoms with Gasteiger partial charge in [0.2, 0.25) is 0 Å². The molecule has 0 aliphatic heterocycles. The number of phenolic OH excluding ortho intramolecular Hbond substituents is 1. The van der Waals surface area contributed by atoms with Crippen LogP contribution in [-0.4, -0.2) is 19.8 Å². The quantitative estimate of drug-likeness (QED) is 0.910. The van der Waals surface area contributed by atoms with E-state index in [1.54, 1.807) is 30.3 Å². The van der Waals surface area contributed by atoms with Crippen LogP contribution in [-0.2, 0) is 16.4 Å². The van der Waals surface area contributed by atoms with Crippen LogP contribution in [0.25, 0.3) is 0 Å². The molecule has 0 bridgehead atoms. The fourth-order valence-corrected chi connectivity index (χ4v) is 2.94. The normalized spacial score (nSPS) is 11.3. The standard InChI is InChI=1S/C14H14ClNO3S/c1-20(18,19)14-8-3-2-6-12(14)16-9-10-11(15)5-4-7-13(10)17/h2-8,16-17H,9H2,1H3. The molecule has 4 nitrogen and oxygen atoms in total. The second-order valence-electron chi connectivity index (χ2n) is 4.36. The van der Waals surface area contributed by atoms with E-state index in [1.165, 1.54) is 12.1 Å². The van der Waals surface area contributed by atoms with E-state index in [9.17, 15) is 13.5 Å².